The molecule has 8 aromatic carbocycles. The van der Waals surface area contributed by atoms with Crippen molar-refractivity contribution in [2.24, 2.45) is 0 Å². The Morgan fingerprint density at radius 3 is 1.23 bits per heavy atom. The Morgan fingerprint density at radius 2 is 0.775 bits per heavy atom. The maximum absolute atomic E-state index is 13.5. The zero-order chi connectivity index (χ0) is 69.2. The number of nitrogens with zero attached hydrogens (tertiary/aromatic N) is 4. The molecule has 0 saturated carbocycles. The molecule has 0 bridgehead atoms. The molecule has 4 aromatic heterocycles. The summed E-state index contributed by atoms with van der Waals surface area (Å²) in [5.74, 6) is 0.612. The van der Waals surface area contributed by atoms with Gasteiger partial charge in [0.2, 0.25) is 0 Å². The molecule has 12 aromatic rings. The number of rotatable bonds is 21. The van der Waals surface area contributed by atoms with Gasteiger partial charge in [0.1, 0.15) is 0 Å². The molecule has 0 aliphatic carbocycles. The van der Waals surface area contributed by atoms with E-state index < -0.39 is 11.7 Å². The fraction of sp³-hybridized carbons (Fsp3) is 0.253. The maximum atomic E-state index is 13.5. The van der Waals surface area contributed by atoms with Crippen LogP contribution in [-0.4, -0.2) is 19.9 Å². The van der Waals surface area contributed by atoms with Crippen LogP contribution < -0.4 is 0 Å². The van der Waals surface area contributed by atoms with Crippen molar-refractivity contribution in [2.75, 3.05) is 0 Å². The van der Waals surface area contributed by atoms with E-state index in [-0.39, 0.29) is 86.0 Å². The first kappa shape index (κ1) is 85.4. The van der Waals surface area contributed by atoms with Gasteiger partial charge in [0, 0.05) is 105 Å². The molecule has 0 fully saturated rings. The van der Waals surface area contributed by atoms with Crippen molar-refractivity contribution in [1.29, 1.82) is 0 Å². The number of hydrogen-bond acceptors (Lipinski definition) is 4. The summed E-state index contributed by atoms with van der Waals surface area (Å²) in [5.41, 5.74) is 24.5. The summed E-state index contributed by atoms with van der Waals surface area (Å²) in [4.78, 5) is 18.0. The van der Waals surface area contributed by atoms with E-state index in [0.29, 0.717) is 22.7 Å². The third kappa shape index (κ3) is 25.9. The van der Waals surface area contributed by atoms with Crippen LogP contribution in [0.2, 0.25) is 0 Å². The SMILES string of the molecule is CCC(C)c1ccc(-c2cc[c-]c(-c3ccc(C)cn3)c2)cc1.CCCCCCc1cccc(-c2cc[c-]c(-c3ccc(C)cn3)c2)c1.CCCCc1ccc(-c2[c-]ccc(-c3cccc(C)c3)c2)nc1.CCCCc1ccc(-c2cc(-c3ccc(C)cn3)[c-]cc2C(F)(F)F)cc1.[Ir].[Ir].[Ir].[Ir]. The topological polar surface area (TPSA) is 51.6 Å². The Bertz CT molecular complexity index is 4410. The molecule has 4 nitrogen and oxygen atoms in total. The number of alkyl halides is 3. The van der Waals surface area contributed by atoms with Gasteiger partial charge in [-0.15, -0.1) is 130 Å². The van der Waals surface area contributed by atoms with Gasteiger partial charge in [0.25, 0.3) is 0 Å². The summed E-state index contributed by atoms with van der Waals surface area (Å²) < 4.78 is 40.6. The third-order valence-corrected chi connectivity index (χ3v) is 17.6. The van der Waals surface area contributed by atoms with E-state index in [1.54, 1.807) is 24.4 Å². The van der Waals surface area contributed by atoms with Crippen LogP contribution in [0.3, 0.4) is 0 Å². The van der Waals surface area contributed by atoms with Crippen LogP contribution in [-0.2, 0) is 106 Å². The second kappa shape index (κ2) is 43.8. The minimum Gasteiger partial charge on any atom is -0.304 e. The molecule has 102 heavy (non-hydrogen) atoms. The molecule has 0 aliphatic rings. The van der Waals surface area contributed by atoms with Gasteiger partial charge in [-0.1, -0.05) is 223 Å². The standard InChI is InChI=1S/C24H26N.C23H21F3N.2C22H22N.4Ir/c1-3-4-5-6-9-20-10-7-11-21(16-20)22-12-8-13-23(17-22)24-15-14-19(2)18-25-24;1-3-4-5-17-7-9-18(10-8-17)20-14-19(11-12-21(20)23(24,25)26)22-13-6-16(2)15-27-22;1-4-17(3)18-9-11-19(12-10-18)20-6-5-7-21(14-20)22-13-8-16(2)15-23-22;1-3-4-8-18-12-13-22(23-16-18)21-11-6-10-20(15-21)19-9-5-7-17(2)14-19;;;;/h7-8,10-12,14-18H,3-6,9H2,1-2H3;6-10,12-15H,3-5H2,1-2H3;5-6,8-15,17H,4H2,1-3H3;5-7,9-10,12-16H,3-4,8H2,1-2H3;;;;/q4*-1;;;;. The molecule has 0 spiro atoms. The molecule has 536 valence electrons. The van der Waals surface area contributed by atoms with Crippen LogP contribution in [0.1, 0.15) is 148 Å². The number of aromatic nitrogens is 4. The molecular formula is C91H91F3Ir4N4-4. The van der Waals surface area contributed by atoms with Crippen molar-refractivity contribution in [3.05, 3.63) is 311 Å². The van der Waals surface area contributed by atoms with Crippen LogP contribution in [0, 0.1) is 52.0 Å². The van der Waals surface area contributed by atoms with Crippen LogP contribution >= 0.6 is 0 Å². The van der Waals surface area contributed by atoms with Gasteiger partial charge in [0.15, 0.2) is 0 Å². The first-order chi connectivity index (χ1) is 47.6. The molecule has 11 heteroatoms. The third-order valence-electron chi connectivity index (χ3n) is 17.6. The first-order valence-electron chi connectivity index (χ1n) is 34.9. The van der Waals surface area contributed by atoms with E-state index >= 15 is 0 Å². The van der Waals surface area contributed by atoms with E-state index in [1.165, 1.54) is 124 Å². The number of benzene rings is 8. The van der Waals surface area contributed by atoms with Gasteiger partial charge in [-0.05, 0) is 168 Å². The molecule has 0 N–H and O–H groups in total. The van der Waals surface area contributed by atoms with Crippen molar-refractivity contribution in [2.45, 2.75) is 151 Å². The molecule has 1 atom stereocenters. The summed E-state index contributed by atoms with van der Waals surface area (Å²) in [6, 6.07) is 84.1. The minimum atomic E-state index is -4.44. The summed E-state index contributed by atoms with van der Waals surface area (Å²) in [5, 5.41) is 0. The quantitative estimate of drug-likeness (QED) is 0.0531. The first-order valence-corrected chi connectivity index (χ1v) is 34.9. The van der Waals surface area contributed by atoms with Gasteiger partial charge in [-0.3, -0.25) is 0 Å². The molecule has 4 radical (unpaired) electrons. The van der Waals surface area contributed by atoms with E-state index in [2.05, 4.69) is 245 Å². The van der Waals surface area contributed by atoms with Gasteiger partial charge in [-0.25, -0.2) is 0 Å². The van der Waals surface area contributed by atoms with Gasteiger partial charge in [-0.2, -0.15) is 13.2 Å². The van der Waals surface area contributed by atoms with Crippen LogP contribution in [0.4, 0.5) is 13.2 Å². The normalized spacial score (nSPS) is 10.9. The van der Waals surface area contributed by atoms with Crippen LogP contribution in [0.5, 0.6) is 0 Å². The van der Waals surface area contributed by atoms with Crippen molar-refractivity contribution < 1.29 is 93.6 Å². The number of unbranched alkanes of at least 4 members (excludes halogenated alkanes) is 5. The summed E-state index contributed by atoms with van der Waals surface area (Å²) in [6.45, 7) is 19.2. The Morgan fingerprint density at radius 1 is 0.353 bits per heavy atom. The largest absolute Gasteiger partial charge is 0.382 e. The van der Waals surface area contributed by atoms with E-state index in [0.717, 1.165) is 76.6 Å². The number of halogens is 3. The average Bonchev–Trinajstić information content (AvgIpc) is 0.790. The molecular weight excluding hydrogens is 1970 g/mol. The van der Waals surface area contributed by atoms with Gasteiger partial charge >= 0.3 is 6.18 Å². The molecule has 0 aliphatic heterocycles. The summed E-state index contributed by atoms with van der Waals surface area (Å²) in [7, 11) is 0. The Labute approximate surface area is 660 Å². The Balaban J connectivity index is 0.000000242. The van der Waals surface area contributed by atoms with Crippen LogP contribution in [0.15, 0.2) is 237 Å². The minimum absolute atomic E-state index is 0. The van der Waals surface area contributed by atoms with E-state index in [9.17, 15) is 13.2 Å². The molecule has 1 unspecified atom stereocenters. The van der Waals surface area contributed by atoms with Crippen LogP contribution in [0.25, 0.3) is 89.5 Å². The fourth-order valence-electron chi connectivity index (χ4n) is 11.4. The Kier molecular flexibility index (Phi) is 36.6. The molecule has 0 amide bonds. The second-order valence-electron chi connectivity index (χ2n) is 25.6. The average molecular weight is 2070 g/mol. The van der Waals surface area contributed by atoms with Gasteiger partial charge in [0.05, 0.1) is 0 Å². The van der Waals surface area contributed by atoms with Crippen molar-refractivity contribution in [3.63, 3.8) is 0 Å². The van der Waals surface area contributed by atoms with E-state index in [1.807, 2.05) is 61.9 Å². The number of hydrogen-bond donors (Lipinski definition) is 0. The van der Waals surface area contributed by atoms with Crippen molar-refractivity contribution >= 4 is 0 Å². The summed E-state index contributed by atoms with van der Waals surface area (Å²) in [6.07, 6.45) is 17.3. The molecule has 4 heterocycles. The second-order valence-corrected chi connectivity index (χ2v) is 25.6. The molecule has 12 rings (SSSR count). The molecule has 0 saturated heterocycles. The monoisotopic (exact) mass is 2070 g/mol. The fourth-order valence-corrected chi connectivity index (χ4v) is 11.4. The van der Waals surface area contributed by atoms with Gasteiger partial charge < -0.3 is 19.9 Å². The predicted octanol–water partition coefficient (Wildman–Crippen LogP) is 25.4. The Hall–Kier alpha value is -7.25. The number of pyridine rings is 4. The smallest absolute Gasteiger partial charge is 0.304 e. The summed E-state index contributed by atoms with van der Waals surface area (Å²) >= 11 is 0. The van der Waals surface area contributed by atoms with Crippen molar-refractivity contribution in [3.8, 4) is 89.5 Å². The van der Waals surface area contributed by atoms with E-state index in [4.69, 9.17) is 0 Å². The maximum Gasteiger partial charge on any atom is 0.382 e. The number of aryl methyl sites for hydroxylation is 7. The van der Waals surface area contributed by atoms with Crippen molar-refractivity contribution in [1.82, 2.24) is 19.9 Å². The zero-order valence-electron chi connectivity index (χ0n) is 59.8. The zero-order valence-corrected chi connectivity index (χ0v) is 69.4. The predicted molar refractivity (Wildman–Crippen MR) is 404 cm³/mol.